The van der Waals surface area contributed by atoms with Gasteiger partial charge in [0.1, 0.15) is 0 Å². The number of aliphatic hydroxyl groups excluding tert-OH is 1. The summed E-state index contributed by atoms with van der Waals surface area (Å²) in [6, 6.07) is 15.0. The van der Waals surface area contributed by atoms with Crippen molar-refractivity contribution in [3.63, 3.8) is 0 Å². The van der Waals surface area contributed by atoms with Gasteiger partial charge in [-0.15, -0.1) is 0 Å². The van der Waals surface area contributed by atoms with Crippen LogP contribution in [0.5, 0.6) is 0 Å². The summed E-state index contributed by atoms with van der Waals surface area (Å²) in [4.78, 5) is 52.9. The van der Waals surface area contributed by atoms with Crippen LogP contribution in [0.3, 0.4) is 0 Å². The number of ether oxygens (including phenoxy) is 2. The molecule has 0 radical (unpaired) electrons. The van der Waals surface area contributed by atoms with Gasteiger partial charge >= 0.3 is 5.97 Å². The van der Waals surface area contributed by atoms with Gasteiger partial charge in [-0.25, -0.2) is 0 Å². The summed E-state index contributed by atoms with van der Waals surface area (Å²) in [5.74, 6) is -1.27. The van der Waals surface area contributed by atoms with Crippen molar-refractivity contribution in [2.75, 3.05) is 16.4 Å². The highest BCUT2D eigenvalue weighted by Crippen LogP contribution is 2.60. The van der Waals surface area contributed by atoms with Crippen LogP contribution in [0.15, 0.2) is 48.5 Å². The molecule has 0 aliphatic carbocycles. The number of carbonyl (C=O) groups is 3. The maximum absolute atomic E-state index is 14.4. The lowest BCUT2D eigenvalue weighted by Gasteiger charge is -2.39. The number of hydrogen-bond acceptors (Lipinski definition) is 7. The topological polar surface area (TPSA) is 117 Å². The number of fused-ring (bicyclic) bond motifs is 2. The van der Waals surface area contributed by atoms with Gasteiger partial charge in [-0.3, -0.25) is 19.3 Å². The van der Waals surface area contributed by atoms with Crippen LogP contribution in [0, 0.1) is 5.92 Å². The van der Waals surface area contributed by atoms with E-state index in [1.54, 1.807) is 17.0 Å². The van der Waals surface area contributed by atoms with Gasteiger partial charge in [-0.1, -0.05) is 37.3 Å². The minimum Gasteiger partial charge on any atom is -0.441 e. The van der Waals surface area contributed by atoms with Crippen LogP contribution < -0.4 is 9.80 Å². The van der Waals surface area contributed by atoms with Gasteiger partial charge in [0, 0.05) is 36.2 Å². The highest BCUT2D eigenvalue weighted by Gasteiger charge is 2.66. The standard InChI is InChI=1S/C28H34N2O7Si/c1-17-26(38(3,4)35)23(12-13-31)37-28(17)21-14-20(30-24(33)15-25(30)36-18(2)32)10-11-22(21)29(27(28)34)16-19-8-6-5-7-9-19/h5-11,14,17,23,25-26,31,35H,12-13,15-16H2,1-4H3/t17-,23+,25?,26-,28+/m1/s1. The lowest BCUT2D eigenvalue weighted by atomic mass is 9.82. The molecule has 0 saturated carbocycles. The summed E-state index contributed by atoms with van der Waals surface area (Å²) in [7, 11) is -2.83. The SMILES string of the molecule is CC(=O)OC1CC(=O)N1c1ccc2c(c1)[C@]1(O[C@@H](CCO)[C@H]([Si](C)(C)O)[C@H]1C)C(=O)N2Cc1ccccc1. The first-order valence-electron chi connectivity index (χ1n) is 13.0. The van der Waals surface area contributed by atoms with E-state index in [-0.39, 0.29) is 36.3 Å². The van der Waals surface area contributed by atoms with Crippen LogP contribution in [-0.2, 0) is 36.0 Å². The molecule has 10 heteroatoms. The average Bonchev–Trinajstić information content (AvgIpc) is 3.26. The highest BCUT2D eigenvalue weighted by molar-refractivity contribution is 6.71. The molecule has 1 spiro atoms. The number of esters is 1. The fourth-order valence-electron chi connectivity index (χ4n) is 6.52. The maximum Gasteiger partial charge on any atom is 0.304 e. The zero-order valence-corrected chi connectivity index (χ0v) is 23.1. The molecule has 3 heterocycles. The van der Waals surface area contributed by atoms with Gasteiger partial charge in [0.2, 0.25) is 5.91 Å². The van der Waals surface area contributed by atoms with E-state index in [4.69, 9.17) is 9.47 Å². The molecule has 2 saturated heterocycles. The molecule has 2 fully saturated rings. The van der Waals surface area contributed by atoms with Crippen LogP contribution in [0.4, 0.5) is 11.4 Å². The summed E-state index contributed by atoms with van der Waals surface area (Å²) in [5, 5.41) is 9.80. The van der Waals surface area contributed by atoms with E-state index in [2.05, 4.69) is 0 Å². The molecule has 5 rings (SSSR count). The maximum atomic E-state index is 14.4. The Kier molecular flexibility index (Phi) is 6.71. The van der Waals surface area contributed by atoms with Crippen LogP contribution in [0.2, 0.25) is 18.6 Å². The van der Waals surface area contributed by atoms with Gasteiger partial charge in [-0.05, 0) is 43.3 Å². The Morgan fingerprint density at radius 2 is 1.89 bits per heavy atom. The first-order valence-corrected chi connectivity index (χ1v) is 16.0. The van der Waals surface area contributed by atoms with Gasteiger partial charge in [0.15, 0.2) is 20.1 Å². The summed E-state index contributed by atoms with van der Waals surface area (Å²) >= 11 is 0. The summed E-state index contributed by atoms with van der Waals surface area (Å²) in [5.41, 5.74) is 1.07. The molecular weight excluding hydrogens is 504 g/mol. The second kappa shape index (κ2) is 9.60. The lowest BCUT2D eigenvalue weighted by molar-refractivity contribution is -0.153. The van der Waals surface area contributed by atoms with Crippen LogP contribution in [0.1, 0.15) is 37.8 Å². The molecule has 2 aromatic carbocycles. The number of benzene rings is 2. The quantitative estimate of drug-likeness (QED) is 0.316. The summed E-state index contributed by atoms with van der Waals surface area (Å²) in [6.45, 7) is 7.11. The van der Waals surface area contributed by atoms with Crippen molar-refractivity contribution in [1.82, 2.24) is 0 Å². The molecule has 5 atom stereocenters. The average molecular weight is 539 g/mol. The van der Waals surface area contributed by atoms with Crippen molar-refractivity contribution >= 4 is 37.5 Å². The number of anilines is 2. The first kappa shape index (κ1) is 26.5. The Labute approximate surface area is 223 Å². The molecule has 202 valence electrons. The fourth-order valence-corrected chi connectivity index (χ4v) is 9.12. The van der Waals surface area contributed by atoms with E-state index < -0.39 is 32.2 Å². The zero-order valence-electron chi connectivity index (χ0n) is 22.1. The molecule has 9 nitrogen and oxygen atoms in total. The second-order valence-electron chi connectivity index (χ2n) is 11.0. The predicted molar refractivity (Wildman–Crippen MR) is 143 cm³/mol. The number of β-lactam (4-membered cyclic amide) rings is 1. The van der Waals surface area contributed by atoms with Crippen LogP contribution >= 0.6 is 0 Å². The normalized spacial score (nSPS) is 28.6. The zero-order chi connectivity index (χ0) is 27.4. The van der Waals surface area contributed by atoms with Crippen molar-refractivity contribution in [2.24, 2.45) is 5.92 Å². The molecule has 38 heavy (non-hydrogen) atoms. The number of rotatable bonds is 7. The molecular formula is C28H34N2O7Si. The van der Waals surface area contributed by atoms with E-state index >= 15 is 0 Å². The number of aliphatic hydroxyl groups is 1. The molecule has 0 bridgehead atoms. The predicted octanol–water partition coefficient (Wildman–Crippen LogP) is 3.04. The van der Waals surface area contributed by atoms with Crippen molar-refractivity contribution in [1.29, 1.82) is 0 Å². The van der Waals surface area contributed by atoms with Crippen LogP contribution in [-0.4, -0.2) is 54.9 Å². The van der Waals surface area contributed by atoms with Crippen molar-refractivity contribution < 1.29 is 33.8 Å². The Morgan fingerprint density at radius 1 is 1.18 bits per heavy atom. The lowest BCUT2D eigenvalue weighted by Crippen LogP contribution is -2.55. The summed E-state index contributed by atoms with van der Waals surface area (Å²) in [6.07, 6.45) is -0.808. The first-order chi connectivity index (χ1) is 18.0. The third kappa shape index (κ3) is 4.16. The number of nitrogens with zero attached hydrogens (tertiary/aromatic N) is 2. The van der Waals surface area contributed by atoms with Crippen LogP contribution in [0.25, 0.3) is 0 Å². The molecule has 2 amide bonds. The van der Waals surface area contributed by atoms with Gasteiger partial charge in [-0.2, -0.15) is 0 Å². The molecule has 3 aliphatic rings. The smallest absolute Gasteiger partial charge is 0.304 e. The number of amides is 2. The monoisotopic (exact) mass is 538 g/mol. The van der Waals surface area contributed by atoms with E-state index in [1.807, 2.05) is 56.4 Å². The molecule has 0 aromatic heterocycles. The molecule has 3 aliphatic heterocycles. The highest BCUT2D eigenvalue weighted by atomic mass is 28.4. The Balaban J connectivity index is 1.63. The second-order valence-corrected chi connectivity index (χ2v) is 15.0. The third-order valence-corrected chi connectivity index (χ3v) is 10.6. The minimum absolute atomic E-state index is 0.0960. The Bertz CT molecular complexity index is 1260. The Morgan fingerprint density at radius 3 is 2.50 bits per heavy atom. The van der Waals surface area contributed by atoms with E-state index in [1.165, 1.54) is 11.8 Å². The van der Waals surface area contributed by atoms with Crippen molar-refractivity contribution in [3.8, 4) is 0 Å². The van der Waals surface area contributed by atoms with Gasteiger partial charge < -0.3 is 24.3 Å². The largest absolute Gasteiger partial charge is 0.441 e. The number of carbonyl (C=O) groups excluding carboxylic acids is 3. The molecule has 2 N–H and O–H groups in total. The van der Waals surface area contributed by atoms with Crippen molar-refractivity contribution in [3.05, 3.63) is 59.7 Å². The van der Waals surface area contributed by atoms with E-state index in [0.717, 1.165) is 5.56 Å². The third-order valence-electron chi connectivity index (χ3n) is 8.05. The minimum atomic E-state index is -2.83. The molecule has 1 unspecified atom stereocenters. The fraction of sp³-hybridized carbons (Fsp3) is 0.464. The van der Waals surface area contributed by atoms with E-state index in [9.17, 15) is 24.3 Å². The molecule has 2 aromatic rings. The van der Waals surface area contributed by atoms with Gasteiger partial charge in [0.25, 0.3) is 5.91 Å². The van der Waals surface area contributed by atoms with Crippen molar-refractivity contribution in [2.45, 2.75) is 69.8 Å². The Hall–Kier alpha value is -3.05. The number of hydrogen-bond donors (Lipinski definition) is 2. The van der Waals surface area contributed by atoms with E-state index in [0.29, 0.717) is 29.9 Å². The summed E-state index contributed by atoms with van der Waals surface area (Å²) < 4.78 is 12.0. The van der Waals surface area contributed by atoms with Gasteiger partial charge in [0.05, 0.1) is 24.8 Å².